The lowest BCUT2D eigenvalue weighted by Gasteiger charge is -2.08. The van der Waals surface area contributed by atoms with Crippen LogP contribution in [-0.2, 0) is 16.4 Å². The molecule has 0 bridgehead atoms. The molecule has 0 saturated heterocycles. The van der Waals surface area contributed by atoms with Gasteiger partial charge in [0.05, 0.1) is 10.6 Å². The summed E-state index contributed by atoms with van der Waals surface area (Å²) in [6.07, 6.45) is 5.15. The summed E-state index contributed by atoms with van der Waals surface area (Å²) in [6, 6.07) is 17.0. The molecule has 6 nitrogen and oxygen atoms in total. The lowest BCUT2D eigenvalue weighted by molar-refractivity contribution is 0.579. The molecule has 4 rings (SSSR count). The number of sulfonamides is 1. The standard InChI is InChI=1S/C23H24N4O2S/c1-17-5-3-7-21(13-17)20-8-10-22(11-9-20)30(28,29)25-12-4-6-19-15-24-23-14-18(2)26-27(23)16-19/h3,5,7-11,13-16,25H,4,6,12H2,1-2H3. The van der Waals surface area contributed by atoms with Crippen LogP contribution in [0.15, 0.2) is 71.9 Å². The third-order valence-electron chi connectivity index (χ3n) is 4.94. The molecule has 0 aliphatic heterocycles. The maximum atomic E-state index is 12.6. The Kier molecular flexibility index (Phi) is 5.65. The van der Waals surface area contributed by atoms with Gasteiger partial charge in [-0.1, -0.05) is 42.0 Å². The van der Waals surface area contributed by atoms with E-state index in [4.69, 9.17) is 0 Å². The molecular formula is C23H24N4O2S. The van der Waals surface area contributed by atoms with Crippen LogP contribution in [-0.4, -0.2) is 29.6 Å². The Morgan fingerprint density at radius 1 is 1.00 bits per heavy atom. The van der Waals surface area contributed by atoms with E-state index in [-0.39, 0.29) is 4.90 Å². The first-order valence-electron chi connectivity index (χ1n) is 9.88. The van der Waals surface area contributed by atoms with Crippen LogP contribution >= 0.6 is 0 Å². The van der Waals surface area contributed by atoms with Crippen molar-refractivity contribution < 1.29 is 8.42 Å². The molecule has 30 heavy (non-hydrogen) atoms. The van der Waals surface area contributed by atoms with Crippen molar-refractivity contribution in [2.45, 2.75) is 31.6 Å². The third-order valence-corrected chi connectivity index (χ3v) is 6.42. The van der Waals surface area contributed by atoms with Crippen LogP contribution in [0.1, 0.15) is 23.2 Å². The molecule has 2 aromatic heterocycles. The fourth-order valence-corrected chi connectivity index (χ4v) is 4.47. The van der Waals surface area contributed by atoms with Gasteiger partial charge in [0.2, 0.25) is 10.0 Å². The highest BCUT2D eigenvalue weighted by Crippen LogP contribution is 2.22. The summed E-state index contributed by atoms with van der Waals surface area (Å²) in [5, 5.41) is 4.36. The van der Waals surface area contributed by atoms with Crippen molar-refractivity contribution in [1.82, 2.24) is 19.3 Å². The van der Waals surface area contributed by atoms with Gasteiger partial charge in [-0.2, -0.15) is 5.10 Å². The van der Waals surface area contributed by atoms with E-state index in [9.17, 15) is 8.42 Å². The Morgan fingerprint density at radius 3 is 2.57 bits per heavy atom. The van der Waals surface area contributed by atoms with Gasteiger partial charge in [0, 0.05) is 25.0 Å². The van der Waals surface area contributed by atoms with Crippen molar-refractivity contribution in [3.63, 3.8) is 0 Å². The molecule has 4 aromatic rings. The summed E-state index contributed by atoms with van der Waals surface area (Å²) in [5.41, 5.74) is 5.99. The average Bonchev–Trinajstić information content (AvgIpc) is 3.10. The monoisotopic (exact) mass is 420 g/mol. The van der Waals surface area contributed by atoms with Gasteiger partial charge >= 0.3 is 0 Å². The number of nitrogens with one attached hydrogen (secondary N) is 1. The van der Waals surface area contributed by atoms with E-state index in [2.05, 4.69) is 20.9 Å². The van der Waals surface area contributed by atoms with Crippen LogP contribution in [0.5, 0.6) is 0 Å². The molecule has 0 atom stereocenters. The maximum absolute atomic E-state index is 12.6. The van der Waals surface area contributed by atoms with Crippen molar-refractivity contribution in [1.29, 1.82) is 0 Å². The number of fused-ring (bicyclic) bond motifs is 1. The second-order valence-electron chi connectivity index (χ2n) is 7.45. The molecule has 0 amide bonds. The summed E-state index contributed by atoms with van der Waals surface area (Å²) in [6.45, 7) is 4.32. The fraction of sp³-hybridized carbons (Fsp3) is 0.217. The summed E-state index contributed by atoms with van der Waals surface area (Å²) >= 11 is 0. The Balaban J connectivity index is 1.35. The van der Waals surface area contributed by atoms with E-state index in [1.54, 1.807) is 16.6 Å². The van der Waals surface area contributed by atoms with Crippen LogP contribution < -0.4 is 4.72 Å². The fourth-order valence-electron chi connectivity index (χ4n) is 3.40. The lowest BCUT2D eigenvalue weighted by atomic mass is 10.0. The minimum Gasteiger partial charge on any atom is -0.237 e. The number of hydrogen-bond acceptors (Lipinski definition) is 4. The minimum atomic E-state index is -3.54. The van der Waals surface area contributed by atoms with Crippen LogP contribution in [0, 0.1) is 13.8 Å². The number of aryl methyl sites for hydroxylation is 3. The molecule has 0 unspecified atom stereocenters. The normalized spacial score (nSPS) is 11.8. The molecule has 0 fully saturated rings. The number of rotatable bonds is 7. The van der Waals surface area contributed by atoms with E-state index in [0.29, 0.717) is 13.0 Å². The largest absolute Gasteiger partial charge is 0.240 e. The van der Waals surface area contributed by atoms with Gasteiger partial charge in [-0.15, -0.1) is 0 Å². The Morgan fingerprint density at radius 2 is 1.80 bits per heavy atom. The molecular weight excluding hydrogens is 396 g/mol. The zero-order valence-corrected chi connectivity index (χ0v) is 17.9. The van der Waals surface area contributed by atoms with Gasteiger partial charge in [0.15, 0.2) is 5.65 Å². The zero-order chi connectivity index (χ0) is 21.1. The summed E-state index contributed by atoms with van der Waals surface area (Å²) < 4.78 is 29.6. The third kappa shape index (κ3) is 4.58. The Hall–Kier alpha value is -3.03. The molecule has 0 spiro atoms. The number of hydrogen-bond donors (Lipinski definition) is 1. The Bertz CT molecular complexity index is 1280. The predicted molar refractivity (Wildman–Crippen MR) is 118 cm³/mol. The van der Waals surface area contributed by atoms with Crippen molar-refractivity contribution in [2.75, 3.05) is 6.54 Å². The smallest absolute Gasteiger partial charge is 0.237 e. The molecule has 0 radical (unpaired) electrons. The maximum Gasteiger partial charge on any atom is 0.240 e. The van der Waals surface area contributed by atoms with Crippen molar-refractivity contribution in [3.05, 3.63) is 83.8 Å². The van der Waals surface area contributed by atoms with Gasteiger partial charge in [0.25, 0.3) is 0 Å². The SMILES string of the molecule is Cc1cccc(-c2ccc(S(=O)(=O)NCCCc3cnc4cc(C)nn4c3)cc2)c1. The first-order chi connectivity index (χ1) is 14.4. The predicted octanol–water partition coefficient (Wildman–Crippen LogP) is 3.92. The number of aromatic nitrogens is 3. The molecule has 154 valence electrons. The highest BCUT2D eigenvalue weighted by Gasteiger charge is 2.13. The molecule has 1 N–H and O–H groups in total. The molecule has 0 aliphatic carbocycles. The van der Waals surface area contributed by atoms with Gasteiger partial charge in [-0.05, 0) is 55.5 Å². The quantitative estimate of drug-likeness (QED) is 0.460. The zero-order valence-electron chi connectivity index (χ0n) is 17.0. The van der Waals surface area contributed by atoms with Crippen molar-refractivity contribution >= 4 is 15.7 Å². The molecule has 0 saturated carbocycles. The molecule has 0 aliphatic rings. The van der Waals surface area contributed by atoms with Gasteiger partial charge in [-0.25, -0.2) is 22.6 Å². The second kappa shape index (κ2) is 8.38. The summed E-state index contributed by atoms with van der Waals surface area (Å²) in [5.74, 6) is 0. The number of nitrogens with zero attached hydrogens (tertiary/aromatic N) is 3. The van der Waals surface area contributed by atoms with Gasteiger partial charge < -0.3 is 0 Å². The van der Waals surface area contributed by atoms with E-state index in [1.165, 1.54) is 5.56 Å². The van der Waals surface area contributed by atoms with Gasteiger partial charge in [0.1, 0.15) is 0 Å². The van der Waals surface area contributed by atoms with Crippen molar-refractivity contribution in [2.24, 2.45) is 0 Å². The topological polar surface area (TPSA) is 76.4 Å². The van der Waals surface area contributed by atoms with Gasteiger partial charge in [-0.3, -0.25) is 0 Å². The number of benzene rings is 2. The Labute approximate surface area is 176 Å². The van der Waals surface area contributed by atoms with E-state index < -0.39 is 10.0 Å². The van der Waals surface area contributed by atoms with E-state index >= 15 is 0 Å². The summed E-state index contributed by atoms with van der Waals surface area (Å²) in [4.78, 5) is 4.65. The highest BCUT2D eigenvalue weighted by atomic mass is 32.2. The van der Waals surface area contributed by atoms with Crippen molar-refractivity contribution in [3.8, 4) is 11.1 Å². The molecule has 7 heteroatoms. The van der Waals surface area contributed by atoms with Crippen LogP contribution in [0.3, 0.4) is 0 Å². The lowest BCUT2D eigenvalue weighted by Crippen LogP contribution is -2.25. The second-order valence-corrected chi connectivity index (χ2v) is 9.21. The molecule has 2 aromatic carbocycles. The minimum absolute atomic E-state index is 0.272. The first-order valence-corrected chi connectivity index (χ1v) is 11.4. The van der Waals surface area contributed by atoms with E-state index in [1.807, 2.05) is 62.6 Å². The average molecular weight is 421 g/mol. The van der Waals surface area contributed by atoms with Crippen LogP contribution in [0.4, 0.5) is 0 Å². The summed E-state index contributed by atoms with van der Waals surface area (Å²) in [7, 11) is -3.54. The molecule has 2 heterocycles. The van der Waals surface area contributed by atoms with Crippen LogP contribution in [0.2, 0.25) is 0 Å². The highest BCUT2D eigenvalue weighted by molar-refractivity contribution is 7.89. The van der Waals surface area contributed by atoms with Crippen LogP contribution in [0.25, 0.3) is 16.8 Å². The van der Waals surface area contributed by atoms with E-state index in [0.717, 1.165) is 34.5 Å². The first kappa shape index (κ1) is 20.3.